The molecule has 196 valence electrons. The van der Waals surface area contributed by atoms with Crippen LogP contribution in [0.1, 0.15) is 33.6 Å². The van der Waals surface area contributed by atoms with Crippen molar-refractivity contribution in [3.8, 4) is 11.5 Å². The molecule has 6 nitrogen and oxygen atoms in total. The van der Waals surface area contributed by atoms with Gasteiger partial charge < -0.3 is 14.8 Å². The first-order valence-corrected chi connectivity index (χ1v) is 12.8. The summed E-state index contributed by atoms with van der Waals surface area (Å²) >= 11 is 12.2. The van der Waals surface area contributed by atoms with E-state index in [1.54, 1.807) is 19.3 Å². The minimum absolute atomic E-state index is 0.251. The van der Waals surface area contributed by atoms with Gasteiger partial charge >= 0.3 is 0 Å². The molecule has 0 unspecified atom stereocenters. The van der Waals surface area contributed by atoms with Gasteiger partial charge in [-0.3, -0.25) is 9.48 Å². The minimum atomic E-state index is -0.251. The highest BCUT2D eigenvalue weighted by Gasteiger charge is 2.14. The van der Waals surface area contributed by atoms with Crippen molar-refractivity contribution in [2.75, 3.05) is 12.4 Å². The number of amides is 1. The van der Waals surface area contributed by atoms with Crippen LogP contribution < -0.4 is 14.8 Å². The second kappa shape index (κ2) is 12.2. The number of para-hydroxylation sites is 1. The number of methoxy groups -OCH3 is 1. The van der Waals surface area contributed by atoms with Crippen LogP contribution in [-0.4, -0.2) is 22.8 Å². The van der Waals surface area contributed by atoms with E-state index in [1.807, 2.05) is 80.1 Å². The number of ether oxygens (including phenoxy) is 2. The summed E-state index contributed by atoms with van der Waals surface area (Å²) in [6.45, 7) is 6.64. The molecule has 0 radical (unpaired) electrons. The number of carbonyl (C=O) groups excluding carboxylic acids is 1. The van der Waals surface area contributed by atoms with Crippen LogP contribution in [0.5, 0.6) is 11.5 Å². The summed E-state index contributed by atoms with van der Waals surface area (Å²) in [5.74, 6) is 1.29. The van der Waals surface area contributed by atoms with Crippen LogP contribution in [0.3, 0.4) is 0 Å². The van der Waals surface area contributed by atoms with E-state index in [1.165, 1.54) is 6.08 Å². The number of nitrogens with one attached hydrogen (secondary N) is 1. The van der Waals surface area contributed by atoms with Gasteiger partial charge in [0.2, 0.25) is 5.91 Å². The predicted octanol–water partition coefficient (Wildman–Crippen LogP) is 7.40. The van der Waals surface area contributed by atoms with Crippen LogP contribution in [0.2, 0.25) is 10.0 Å². The summed E-state index contributed by atoms with van der Waals surface area (Å²) in [4.78, 5) is 12.8. The number of nitrogens with zero attached hydrogens (tertiary/aromatic N) is 2. The maximum atomic E-state index is 12.8. The molecule has 1 N–H and O–H groups in total. The number of rotatable bonds is 9. The van der Waals surface area contributed by atoms with Crippen molar-refractivity contribution >= 4 is 40.9 Å². The number of aromatic nitrogens is 2. The van der Waals surface area contributed by atoms with E-state index in [9.17, 15) is 4.79 Å². The fourth-order valence-corrected chi connectivity index (χ4v) is 4.39. The highest BCUT2D eigenvalue weighted by atomic mass is 35.5. The molecule has 0 bridgehead atoms. The molecule has 0 aliphatic carbocycles. The highest BCUT2D eigenvalue weighted by Crippen LogP contribution is 2.26. The van der Waals surface area contributed by atoms with Crippen molar-refractivity contribution in [3.63, 3.8) is 0 Å². The van der Waals surface area contributed by atoms with Gasteiger partial charge in [-0.05, 0) is 73.9 Å². The van der Waals surface area contributed by atoms with Crippen LogP contribution in [0, 0.1) is 20.8 Å². The fourth-order valence-electron chi connectivity index (χ4n) is 4.07. The molecule has 4 rings (SSSR count). The summed E-state index contributed by atoms with van der Waals surface area (Å²) < 4.78 is 13.3. The van der Waals surface area contributed by atoms with Crippen molar-refractivity contribution in [1.29, 1.82) is 0 Å². The summed E-state index contributed by atoms with van der Waals surface area (Å²) in [6.07, 6.45) is 3.26. The van der Waals surface area contributed by atoms with E-state index < -0.39 is 0 Å². The Morgan fingerprint density at radius 3 is 2.53 bits per heavy atom. The monoisotopic (exact) mass is 549 g/mol. The smallest absolute Gasteiger partial charge is 0.248 e. The summed E-state index contributed by atoms with van der Waals surface area (Å²) in [7, 11) is 1.63. The molecule has 0 atom stereocenters. The Morgan fingerprint density at radius 1 is 1.00 bits per heavy atom. The SMILES string of the molecule is COc1ccc(/C=C/C(=O)Nc2c(C)nn(Cc3ccc(Cl)c(Cl)c3)c2C)cc1COc1ccccc1C. The zero-order chi connectivity index (χ0) is 27.2. The van der Waals surface area contributed by atoms with Crippen molar-refractivity contribution in [1.82, 2.24) is 9.78 Å². The van der Waals surface area contributed by atoms with Crippen molar-refractivity contribution < 1.29 is 14.3 Å². The third-order valence-electron chi connectivity index (χ3n) is 6.15. The molecule has 38 heavy (non-hydrogen) atoms. The molecule has 1 aromatic heterocycles. The zero-order valence-electron chi connectivity index (χ0n) is 21.7. The molecule has 0 aliphatic heterocycles. The van der Waals surface area contributed by atoms with E-state index in [-0.39, 0.29) is 5.91 Å². The van der Waals surface area contributed by atoms with Crippen LogP contribution >= 0.6 is 23.2 Å². The summed E-state index contributed by atoms with van der Waals surface area (Å²) in [5.41, 5.74) is 6.01. The lowest BCUT2D eigenvalue weighted by atomic mass is 10.1. The Kier molecular flexibility index (Phi) is 8.77. The van der Waals surface area contributed by atoms with Crippen LogP contribution in [0.15, 0.2) is 66.7 Å². The minimum Gasteiger partial charge on any atom is -0.496 e. The van der Waals surface area contributed by atoms with Gasteiger partial charge in [0.1, 0.15) is 18.1 Å². The normalized spacial score (nSPS) is 11.1. The molecular weight excluding hydrogens is 521 g/mol. The average Bonchev–Trinajstić information content (AvgIpc) is 3.16. The molecule has 3 aromatic carbocycles. The second-order valence-corrected chi connectivity index (χ2v) is 9.71. The molecular formula is C30H29Cl2N3O3. The molecule has 0 saturated heterocycles. The lowest BCUT2D eigenvalue weighted by molar-refractivity contribution is -0.111. The molecule has 1 amide bonds. The highest BCUT2D eigenvalue weighted by molar-refractivity contribution is 6.42. The largest absolute Gasteiger partial charge is 0.496 e. The third-order valence-corrected chi connectivity index (χ3v) is 6.89. The van der Waals surface area contributed by atoms with E-state index in [0.29, 0.717) is 28.9 Å². The van der Waals surface area contributed by atoms with Crippen LogP contribution in [0.25, 0.3) is 6.08 Å². The second-order valence-electron chi connectivity index (χ2n) is 8.90. The number of hydrogen-bond acceptors (Lipinski definition) is 4. The standard InChI is InChI=1S/C30H29Cl2N3O3/c1-19-7-5-6-8-27(19)38-18-24-15-22(10-13-28(24)37-4)11-14-29(36)33-30-20(2)34-35(21(30)3)17-23-9-12-25(31)26(32)16-23/h5-16H,17-18H2,1-4H3,(H,33,36)/b14-11+. The van der Waals surface area contributed by atoms with Gasteiger partial charge in [0.15, 0.2) is 0 Å². The number of benzene rings is 3. The van der Waals surface area contributed by atoms with Crippen molar-refractivity contribution in [3.05, 3.63) is 110 Å². The lowest BCUT2D eigenvalue weighted by Gasteiger charge is -2.12. The Balaban J connectivity index is 1.44. The van der Waals surface area contributed by atoms with Gasteiger partial charge in [0.25, 0.3) is 0 Å². The van der Waals surface area contributed by atoms with E-state index in [0.717, 1.165) is 45.1 Å². The maximum absolute atomic E-state index is 12.8. The van der Waals surface area contributed by atoms with Gasteiger partial charge in [0.05, 0.1) is 40.8 Å². The molecule has 0 fully saturated rings. The fraction of sp³-hybridized carbons (Fsp3) is 0.200. The van der Waals surface area contributed by atoms with Gasteiger partial charge in [-0.25, -0.2) is 0 Å². The third kappa shape index (κ3) is 6.57. The van der Waals surface area contributed by atoms with Crippen LogP contribution in [-0.2, 0) is 17.9 Å². The number of aryl methyl sites for hydroxylation is 2. The van der Waals surface area contributed by atoms with Gasteiger partial charge in [0, 0.05) is 11.6 Å². The van der Waals surface area contributed by atoms with Crippen molar-refractivity contribution in [2.24, 2.45) is 0 Å². The number of halogens is 2. The van der Waals surface area contributed by atoms with Crippen LogP contribution in [0.4, 0.5) is 5.69 Å². The number of anilines is 1. The first-order chi connectivity index (χ1) is 18.2. The molecule has 0 aliphatic rings. The van der Waals surface area contributed by atoms with Gasteiger partial charge in [-0.1, -0.05) is 53.5 Å². The van der Waals surface area contributed by atoms with Crippen molar-refractivity contribution in [2.45, 2.75) is 33.9 Å². The number of hydrogen-bond donors (Lipinski definition) is 1. The average molecular weight is 550 g/mol. The Bertz CT molecular complexity index is 1490. The maximum Gasteiger partial charge on any atom is 0.248 e. The Labute approximate surface area is 232 Å². The topological polar surface area (TPSA) is 65.4 Å². The van der Waals surface area contributed by atoms with E-state index in [2.05, 4.69) is 10.4 Å². The van der Waals surface area contributed by atoms with Gasteiger partial charge in [-0.15, -0.1) is 0 Å². The molecule has 8 heteroatoms. The Morgan fingerprint density at radius 2 is 1.79 bits per heavy atom. The number of carbonyl (C=O) groups is 1. The van der Waals surface area contributed by atoms with E-state index >= 15 is 0 Å². The summed E-state index contributed by atoms with van der Waals surface area (Å²) in [6, 6.07) is 19.1. The molecule has 1 heterocycles. The predicted molar refractivity (Wildman–Crippen MR) is 153 cm³/mol. The first kappa shape index (κ1) is 27.3. The Hall–Kier alpha value is -3.74. The molecule has 4 aromatic rings. The summed E-state index contributed by atoms with van der Waals surface area (Å²) in [5, 5.41) is 8.54. The van der Waals surface area contributed by atoms with Gasteiger partial charge in [-0.2, -0.15) is 5.10 Å². The first-order valence-electron chi connectivity index (χ1n) is 12.1. The quantitative estimate of drug-likeness (QED) is 0.221. The van der Waals surface area contributed by atoms with E-state index in [4.69, 9.17) is 32.7 Å². The lowest BCUT2D eigenvalue weighted by Crippen LogP contribution is -2.10. The molecule has 0 spiro atoms. The zero-order valence-corrected chi connectivity index (χ0v) is 23.2. The molecule has 0 saturated carbocycles.